The van der Waals surface area contributed by atoms with E-state index in [0.717, 1.165) is 17.7 Å². The molecule has 2 saturated heterocycles. The molecule has 9 nitrogen and oxygen atoms in total. The minimum Gasteiger partial charge on any atom is -0.325 e. The third-order valence-corrected chi connectivity index (χ3v) is 7.68. The van der Waals surface area contributed by atoms with Crippen LogP contribution in [0.3, 0.4) is 0 Å². The number of nitrogens with one attached hydrogen (secondary N) is 2. The van der Waals surface area contributed by atoms with Crippen molar-refractivity contribution in [2.24, 2.45) is 0 Å². The molecule has 10 heteroatoms. The molecule has 0 bridgehead atoms. The van der Waals surface area contributed by atoms with Gasteiger partial charge in [0.1, 0.15) is 12.1 Å². The summed E-state index contributed by atoms with van der Waals surface area (Å²) in [4.78, 5) is 38.8. The van der Waals surface area contributed by atoms with Crippen LogP contribution in [0.5, 0.6) is 0 Å². The summed E-state index contributed by atoms with van der Waals surface area (Å²) in [6, 6.07) is 14.0. The van der Waals surface area contributed by atoms with Crippen molar-refractivity contribution >= 4 is 33.6 Å². The van der Waals surface area contributed by atoms with E-state index in [1.165, 1.54) is 28.6 Å². The molecule has 2 aliphatic rings. The predicted octanol–water partition coefficient (Wildman–Crippen LogP) is 1.88. The van der Waals surface area contributed by atoms with Crippen molar-refractivity contribution in [2.45, 2.75) is 30.2 Å². The van der Waals surface area contributed by atoms with E-state index in [9.17, 15) is 22.8 Å². The van der Waals surface area contributed by atoms with E-state index in [2.05, 4.69) is 10.6 Å². The van der Waals surface area contributed by atoms with Gasteiger partial charge in [0.15, 0.2) is 0 Å². The van der Waals surface area contributed by atoms with Crippen LogP contribution in [0.1, 0.15) is 25.3 Å². The minimum atomic E-state index is -3.54. The number of urea groups is 1. The lowest BCUT2D eigenvalue weighted by Gasteiger charge is -2.22. The Labute approximate surface area is 186 Å². The highest BCUT2D eigenvalue weighted by molar-refractivity contribution is 7.89. The minimum absolute atomic E-state index is 0.158. The Bertz CT molecular complexity index is 1140. The Kier molecular flexibility index (Phi) is 5.74. The Morgan fingerprint density at radius 2 is 1.66 bits per heavy atom. The Balaban J connectivity index is 1.42. The van der Waals surface area contributed by atoms with E-state index < -0.39 is 40.0 Å². The number of carbonyl (C=O) groups is 3. The van der Waals surface area contributed by atoms with E-state index in [0.29, 0.717) is 24.3 Å². The van der Waals surface area contributed by atoms with Gasteiger partial charge in [-0.1, -0.05) is 30.3 Å². The molecule has 0 aromatic heterocycles. The summed E-state index contributed by atoms with van der Waals surface area (Å²) >= 11 is 0. The molecule has 2 N–H and O–H groups in total. The van der Waals surface area contributed by atoms with Crippen molar-refractivity contribution in [3.63, 3.8) is 0 Å². The molecule has 0 radical (unpaired) electrons. The van der Waals surface area contributed by atoms with Gasteiger partial charge in [0, 0.05) is 18.8 Å². The second-order valence-corrected chi connectivity index (χ2v) is 9.93. The Morgan fingerprint density at radius 1 is 1.03 bits per heavy atom. The first-order chi connectivity index (χ1) is 15.2. The average molecular weight is 457 g/mol. The molecule has 2 aliphatic heterocycles. The number of nitrogens with zero attached hydrogens (tertiary/aromatic N) is 2. The highest BCUT2D eigenvalue weighted by Crippen LogP contribution is 2.28. The molecule has 168 valence electrons. The molecule has 2 aromatic carbocycles. The molecule has 0 saturated carbocycles. The standard InChI is InChI=1S/C22H24N4O5S/c1-22(16-7-3-2-4-8-16)20(28)26(21(29)24-22)15-19(27)23-17-9-11-18(12-10-17)32(30,31)25-13-5-6-14-25/h2-4,7-12H,5-6,13-15H2,1H3,(H,23,27)(H,24,29)/t22-/m0/s1. The maximum atomic E-state index is 12.9. The van der Waals surface area contributed by atoms with Gasteiger partial charge >= 0.3 is 6.03 Å². The molecule has 4 rings (SSSR count). The fourth-order valence-corrected chi connectivity index (χ4v) is 5.46. The van der Waals surface area contributed by atoms with Gasteiger partial charge in [-0.05, 0) is 49.6 Å². The largest absolute Gasteiger partial charge is 0.325 e. The highest BCUT2D eigenvalue weighted by Gasteiger charge is 2.49. The summed E-state index contributed by atoms with van der Waals surface area (Å²) in [6.07, 6.45) is 1.69. The molecule has 0 spiro atoms. The van der Waals surface area contributed by atoms with Crippen molar-refractivity contribution in [2.75, 3.05) is 25.0 Å². The lowest BCUT2D eigenvalue weighted by atomic mass is 9.92. The van der Waals surface area contributed by atoms with E-state index in [4.69, 9.17) is 0 Å². The smallest absolute Gasteiger partial charge is 0.325 e. The molecule has 4 amide bonds. The zero-order valence-electron chi connectivity index (χ0n) is 17.6. The van der Waals surface area contributed by atoms with E-state index in [1.54, 1.807) is 37.3 Å². The molecular weight excluding hydrogens is 432 g/mol. The van der Waals surface area contributed by atoms with Crippen LogP contribution in [-0.4, -0.2) is 55.1 Å². The first-order valence-electron chi connectivity index (χ1n) is 10.3. The van der Waals surface area contributed by atoms with Crippen molar-refractivity contribution < 1.29 is 22.8 Å². The first-order valence-corrected chi connectivity index (χ1v) is 11.8. The molecule has 2 fully saturated rings. The van der Waals surface area contributed by atoms with Crippen LogP contribution in [-0.2, 0) is 25.2 Å². The number of hydrogen-bond donors (Lipinski definition) is 2. The highest BCUT2D eigenvalue weighted by atomic mass is 32.2. The molecule has 32 heavy (non-hydrogen) atoms. The zero-order chi connectivity index (χ0) is 22.9. The summed E-state index contributed by atoms with van der Waals surface area (Å²) in [6.45, 7) is 2.16. The Morgan fingerprint density at radius 3 is 2.28 bits per heavy atom. The van der Waals surface area contributed by atoms with Crippen LogP contribution >= 0.6 is 0 Å². The van der Waals surface area contributed by atoms with Gasteiger partial charge in [-0.25, -0.2) is 13.2 Å². The monoisotopic (exact) mass is 456 g/mol. The summed E-state index contributed by atoms with van der Waals surface area (Å²) in [5, 5.41) is 5.26. The molecule has 0 unspecified atom stereocenters. The topological polar surface area (TPSA) is 116 Å². The fourth-order valence-electron chi connectivity index (χ4n) is 3.94. The lowest BCUT2D eigenvalue weighted by molar-refractivity contribution is -0.133. The van der Waals surface area contributed by atoms with Gasteiger partial charge in [-0.3, -0.25) is 14.5 Å². The van der Waals surface area contributed by atoms with Gasteiger partial charge in [0.2, 0.25) is 15.9 Å². The van der Waals surface area contributed by atoms with Crippen molar-refractivity contribution in [1.82, 2.24) is 14.5 Å². The van der Waals surface area contributed by atoms with E-state index in [-0.39, 0.29) is 4.90 Å². The number of carbonyl (C=O) groups excluding carboxylic acids is 3. The van der Waals surface area contributed by atoms with Gasteiger partial charge in [-0.2, -0.15) is 4.31 Å². The van der Waals surface area contributed by atoms with Crippen LogP contribution in [0.2, 0.25) is 0 Å². The summed E-state index contributed by atoms with van der Waals surface area (Å²) in [7, 11) is -3.54. The SMILES string of the molecule is C[C@@]1(c2ccccc2)NC(=O)N(CC(=O)Nc2ccc(S(=O)(=O)N3CCCC3)cc2)C1=O. The third-order valence-electron chi connectivity index (χ3n) is 5.77. The number of sulfonamides is 1. The van der Waals surface area contributed by atoms with Gasteiger partial charge in [0.25, 0.3) is 5.91 Å². The number of anilines is 1. The maximum absolute atomic E-state index is 12.9. The summed E-state index contributed by atoms with van der Waals surface area (Å²) < 4.78 is 26.6. The molecule has 1 atom stereocenters. The quantitative estimate of drug-likeness (QED) is 0.644. The number of hydrogen-bond acceptors (Lipinski definition) is 5. The van der Waals surface area contributed by atoms with E-state index in [1.807, 2.05) is 0 Å². The van der Waals surface area contributed by atoms with Crippen LogP contribution < -0.4 is 10.6 Å². The van der Waals surface area contributed by atoms with Crippen molar-refractivity contribution in [3.05, 3.63) is 60.2 Å². The second kappa shape index (κ2) is 8.36. The van der Waals surface area contributed by atoms with Crippen molar-refractivity contribution in [3.8, 4) is 0 Å². The number of imide groups is 1. The Hall–Kier alpha value is -3.24. The van der Waals surface area contributed by atoms with Gasteiger partial charge in [-0.15, -0.1) is 0 Å². The number of amides is 4. The first kappa shape index (κ1) is 22.0. The predicted molar refractivity (Wildman–Crippen MR) is 117 cm³/mol. The van der Waals surface area contributed by atoms with Gasteiger partial charge in [0.05, 0.1) is 4.90 Å². The molecular formula is C22H24N4O5S. The third kappa shape index (κ3) is 3.98. The number of rotatable bonds is 6. The molecule has 2 heterocycles. The van der Waals surface area contributed by atoms with Crippen LogP contribution in [0.4, 0.5) is 10.5 Å². The summed E-state index contributed by atoms with van der Waals surface area (Å²) in [5.74, 6) is -1.09. The summed E-state index contributed by atoms with van der Waals surface area (Å²) in [5.41, 5.74) is -0.256. The van der Waals surface area contributed by atoms with Crippen LogP contribution in [0.15, 0.2) is 59.5 Å². The maximum Gasteiger partial charge on any atom is 0.325 e. The molecule has 0 aliphatic carbocycles. The zero-order valence-corrected chi connectivity index (χ0v) is 18.4. The van der Waals surface area contributed by atoms with Crippen molar-refractivity contribution in [1.29, 1.82) is 0 Å². The lowest BCUT2D eigenvalue weighted by Crippen LogP contribution is -2.42. The van der Waals surface area contributed by atoms with Crippen LogP contribution in [0.25, 0.3) is 0 Å². The second-order valence-electron chi connectivity index (χ2n) is 8.00. The van der Waals surface area contributed by atoms with Crippen LogP contribution in [0, 0.1) is 0 Å². The molecule has 2 aromatic rings. The van der Waals surface area contributed by atoms with Gasteiger partial charge < -0.3 is 10.6 Å². The van der Waals surface area contributed by atoms with E-state index >= 15 is 0 Å². The fraction of sp³-hybridized carbons (Fsp3) is 0.318. The number of benzene rings is 2. The average Bonchev–Trinajstić information content (AvgIpc) is 3.40. The normalized spacial score (nSPS) is 21.6.